The molecule has 2 rings (SSSR count). The van der Waals surface area contributed by atoms with Crippen molar-refractivity contribution in [3.8, 4) is 11.3 Å². The Labute approximate surface area is 99.9 Å². The van der Waals surface area contributed by atoms with E-state index >= 15 is 0 Å². The Morgan fingerprint density at radius 3 is 2.81 bits per heavy atom. The molecule has 16 heavy (non-hydrogen) atoms. The Balaban J connectivity index is 2.48. The van der Waals surface area contributed by atoms with E-state index in [9.17, 15) is 0 Å². The number of hydrogen-bond donors (Lipinski definition) is 1. The summed E-state index contributed by atoms with van der Waals surface area (Å²) in [7, 11) is 1.90. The minimum Gasteiger partial charge on any atom is -0.384 e. The zero-order valence-electron chi connectivity index (χ0n) is 9.90. The summed E-state index contributed by atoms with van der Waals surface area (Å²) in [6.07, 6.45) is 0.977. The van der Waals surface area contributed by atoms with Crippen molar-refractivity contribution in [3.05, 3.63) is 22.4 Å². The first-order valence-electron chi connectivity index (χ1n) is 5.43. The summed E-state index contributed by atoms with van der Waals surface area (Å²) in [6.45, 7) is 4.40. The van der Waals surface area contributed by atoms with Gasteiger partial charge in [0.25, 0.3) is 0 Å². The molecular weight excluding hydrogens is 218 g/mol. The number of nitrogens with zero attached hydrogens (tertiary/aromatic N) is 2. The minimum atomic E-state index is 0.587. The second kappa shape index (κ2) is 4.29. The first kappa shape index (κ1) is 11.2. The molecule has 0 aliphatic heterocycles. The van der Waals surface area contributed by atoms with E-state index in [0.717, 1.165) is 17.9 Å². The molecule has 0 amide bonds. The molecule has 0 atom stereocenters. The second-order valence-corrected chi connectivity index (χ2v) is 5.23. The van der Waals surface area contributed by atoms with Crippen LogP contribution < -0.4 is 5.73 Å². The monoisotopic (exact) mass is 235 g/mol. The fraction of sp³-hybridized carbons (Fsp3) is 0.417. The molecular formula is C12H17N3S. The van der Waals surface area contributed by atoms with Crippen molar-refractivity contribution in [2.45, 2.75) is 20.3 Å². The molecule has 0 saturated carbocycles. The van der Waals surface area contributed by atoms with Gasteiger partial charge in [0, 0.05) is 23.6 Å². The number of anilines is 1. The first-order chi connectivity index (χ1) is 7.59. The summed E-state index contributed by atoms with van der Waals surface area (Å²) in [5.74, 6) is 1.37. The number of aromatic nitrogens is 2. The van der Waals surface area contributed by atoms with Gasteiger partial charge < -0.3 is 5.73 Å². The van der Waals surface area contributed by atoms with Crippen molar-refractivity contribution in [2.24, 2.45) is 13.0 Å². The summed E-state index contributed by atoms with van der Waals surface area (Å²) in [6, 6.07) is 2.09. The fourth-order valence-electron chi connectivity index (χ4n) is 1.82. The third-order valence-electron chi connectivity index (χ3n) is 2.60. The minimum absolute atomic E-state index is 0.587. The maximum Gasteiger partial charge on any atom is 0.125 e. The van der Waals surface area contributed by atoms with Crippen molar-refractivity contribution >= 4 is 17.2 Å². The summed E-state index contributed by atoms with van der Waals surface area (Å²) < 4.78 is 1.77. The zero-order chi connectivity index (χ0) is 11.7. The summed E-state index contributed by atoms with van der Waals surface area (Å²) in [5.41, 5.74) is 9.45. The van der Waals surface area contributed by atoms with Crippen LogP contribution in [0.3, 0.4) is 0 Å². The van der Waals surface area contributed by atoms with E-state index in [1.54, 1.807) is 16.0 Å². The first-order valence-corrected chi connectivity index (χ1v) is 6.37. The molecule has 86 valence electrons. The van der Waals surface area contributed by atoms with Crippen molar-refractivity contribution in [2.75, 3.05) is 5.73 Å². The largest absolute Gasteiger partial charge is 0.384 e. The van der Waals surface area contributed by atoms with Gasteiger partial charge in [0.1, 0.15) is 5.82 Å². The molecule has 2 heterocycles. The van der Waals surface area contributed by atoms with Gasteiger partial charge in [0.15, 0.2) is 0 Å². The predicted molar refractivity (Wildman–Crippen MR) is 69.5 cm³/mol. The number of aryl methyl sites for hydroxylation is 1. The highest BCUT2D eigenvalue weighted by Gasteiger charge is 2.16. The lowest BCUT2D eigenvalue weighted by atomic mass is 10.0. The van der Waals surface area contributed by atoms with Crippen molar-refractivity contribution in [1.29, 1.82) is 0 Å². The van der Waals surface area contributed by atoms with Crippen LogP contribution in [0.25, 0.3) is 11.3 Å². The number of thiophene rings is 1. The van der Waals surface area contributed by atoms with Gasteiger partial charge >= 0.3 is 0 Å². The zero-order valence-corrected chi connectivity index (χ0v) is 10.7. The third-order valence-corrected chi connectivity index (χ3v) is 3.28. The van der Waals surface area contributed by atoms with Crippen LogP contribution >= 0.6 is 11.3 Å². The molecule has 0 bridgehead atoms. The van der Waals surface area contributed by atoms with Gasteiger partial charge in [-0.2, -0.15) is 16.4 Å². The lowest BCUT2D eigenvalue weighted by molar-refractivity contribution is 0.648. The molecule has 2 aromatic rings. The number of nitrogens with two attached hydrogens (primary N) is 1. The molecule has 0 saturated heterocycles. The number of nitrogen functional groups attached to an aromatic ring is 1. The highest BCUT2D eigenvalue weighted by atomic mass is 32.1. The molecule has 2 aromatic heterocycles. The topological polar surface area (TPSA) is 43.8 Å². The lowest BCUT2D eigenvalue weighted by Crippen LogP contribution is -2.01. The molecule has 0 unspecified atom stereocenters. The summed E-state index contributed by atoms with van der Waals surface area (Å²) in [4.78, 5) is 0. The fourth-order valence-corrected chi connectivity index (χ4v) is 2.46. The van der Waals surface area contributed by atoms with Gasteiger partial charge in [-0.05, 0) is 23.8 Å². The van der Waals surface area contributed by atoms with Gasteiger partial charge in [0.05, 0.1) is 5.69 Å². The van der Waals surface area contributed by atoms with E-state index in [1.807, 2.05) is 7.05 Å². The van der Waals surface area contributed by atoms with Crippen molar-refractivity contribution < 1.29 is 0 Å². The van der Waals surface area contributed by atoms with Crippen LogP contribution in [-0.2, 0) is 13.5 Å². The lowest BCUT2D eigenvalue weighted by Gasteiger charge is -2.05. The van der Waals surface area contributed by atoms with Gasteiger partial charge in [-0.1, -0.05) is 13.8 Å². The summed E-state index contributed by atoms with van der Waals surface area (Å²) >= 11 is 1.69. The average molecular weight is 235 g/mol. The van der Waals surface area contributed by atoms with Crippen LogP contribution in [0, 0.1) is 5.92 Å². The van der Waals surface area contributed by atoms with Gasteiger partial charge in [0.2, 0.25) is 0 Å². The maximum absolute atomic E-state index is 6.06. The van der Waals surface area contributed by atoms with Gasteiger partial charge in [-0.25, -0.2) is 0 Å². The van der Waals surface area contributed by atoms with E-state index < -0.39 is 0 Å². The Morgan fingerprint density at radius 1 is 1.50 bits per heavy atom. The Hall–Kier alpha value is -1.29. The van der Waals surface area contributed by atoms with E-state index in [4.69, 9.17) is 5.73 Å². The Morgan fingerprint density at radius 2 is 2.25 bits per heavy atom. The molecule has 3 nitrogen and oxygen atoms in total. The van der Waals surface area contributed by atoms with Gasteiger partial charge in [-0.15, -0.1) is 0 Å². The molecule has 0 aromatic carbocycles. The van der Waals surface area contributed by atoms with Gasteiger partial charge in [-0.3, -0.25) is 4.68 Å². The molecule has 0 aliphatic rings. The van der Waals surface area contributed by atoms with Crippen LogP contribution in [0.5, 0.6) is 0 Å². The van der Waals surface area contributed by atoms with Crippen LogP contribution in [0.15, 0.2) is 16.8 Å². The molecule has 4 heteroatoms. The second-order valence-electron chi connectivity index (χ2n) is 4.45. The smallest absolute Gasteiger partial charge is 0.125 e. The SMILES string of the molecule is CC(C)Cc1c(-c2ccsc2)nn(C)c1N. The Kier molecular flexibility index (Phi) is 3.01. The van der Waals surface area contributed by atoms with Crippen molar-refractivity contribution in [3.63, 3.8) is 0 Å². The Bertz CT molecular complexity index is 469. The highest BCUT2D eigenvalue weighted by Crippen LogP contribution is 2.30. The highest BCUT2D eigenvalue weighted by molar-refractivity contribution is 7.08. The van der Waals surface area contributed by atoms with E-state index in [1.165, 1.54) is 11.1 Å². The third kappa shape index (κ3) is 1.97. The van der Waals surface area contributed by atoms with E-state index in [0.29, 0.717) is 5.92 Å². The van der Waals surface area contributed by atoms with Crippen LogP contribution in [0.1, 0.15) is 19.4 Å². The molecule has 0 aliphatic carbocycles. The maximum atomic E-state index is 6.06. The predicted octanol–water partition coefficient (Wildman–Crippen LogP) is 2.93. The van der Waals surface area contributed by atoms with E-state index in [-0.39, 0.29) is 0 Å². The van der Waals surface area contributed by atoms with Crippen LogP contribution in [0.4, 0.5) is 5.82 Å². The average Bonchev–Trinajstić information content (AvgIpc) is 2.81. The molecule has 0 fully saturated rings. The number of hydrogen-bond acceptors (Lipinski definition) is 3. The quantitative estimate of drug-likeness (QED) is 0.889. The van der Waals surface area contributed by atoms with Crippen LogP contribution in [-0.4, -0.2) is 9.78 Å². The molecule has 2 N–H and O–H groups in total. The van der Waals surface area contributed by atoms with Crippen LogP contribution in [0.2, 0.25) is 0 Å². The summed E-state index contributed by atoms with van der Waals surface area (Å²) in [5, 5.41) is 8.69. The standard InChI is InChI=1S/C12H17N3S/c1-8(2)6-10-11(9-4-5-16-7-9)14-15(3)12(10)13/h4-5,7-8H,6,13H2,1-3H3. The normalized spacial score (nSPS) is 11.2. The molecule has 0 radical (unpaired) electrons. The molecule has 0 spiro atoms. The number of rotatable bonds is 3. The van der Waals surface area contributed by atoms with E-state index in [2.05, 4.69) is 35.8 Å². The van der Waals surface area contributed by atoms with Crippen molar-refractivity contribution in [1.82, 2.24) is 9.78 Å².